The lowest BCUT2D eigenvalue weighted by Gasteiger charge is -2.35. The van der Waals surface area contributed by atoms with E-state index in [1.807, 2.05) is 23.1 Å². The molecule has 0 bridgehead atoms. The highest BCUT2D eigenvalue weighted by molar-refractivity contribution is 14.1. The SMILES string of the molecule is O=C(/C=C/c1ccc(I)o1)N1CCN(c2ccccc2F)CC1. The summed E-state index contributed by atoms with van der Waals surface area (Å²) in [6.07, 6.45) is 3.20. The van der Waals surface area contributed by atoms with Gasteiger partial charge in [-0.25, -0.2) is 4.39 Å². The van der Waals surface area contributed by atoms with Crippen LogP contribution in [0.2, 0.25) is 0 Å². The summed E-state index contributed by atoms with van der Waals surface area (Å²) in [5, 5.41) is 0. The molecule has 0 atom stereocenters. The first-order valence-corrected chi connectivity index (χ1v) is 8.43. The van der Waals surface area contributed by atoms with E-state index in [0.717, 1.165) is 3.77 Å². The number of nitrogens with zero attached hydrogens (tertiary/aromatic N) is 2. The highest BCUT2D eigenvalue weighted by Gasteiger charge is 2.21. The third-order valence-electron chi connectivity index (χ3n) is 3.77. The predicted molar refractivity (Wildman–Crippen MR) is 95.7 cm³/mol. The number of benzene rings is 1. The molecule has 1 fully saturated rings. The van der Waals surface area contributed by atoms with Crippen molar-refractivity contribution in [2.24, 2.45) is 0 Å². The molecule has 120 valence electrons. The Morgan fingerprint density at radius 3 is 2.52 bits per heavy atom. The van der Waals surface area contributed by atoms with Gasteiger partial charge in [0.15, 0.2) is 3.77 Å². The Bertz CT molecular complexity index is 721. The third-order valence-corrected chi connectivity index (χ3v) is 4.35. The Kier molecular flexibility index (Phi) is 5.00. The molecule has 3 rings (SSSR count). The first kappa shape index (κ1) is 16.0. The maximum absolute atomic E-state index is 13.8. The molecular weight excluding hydrogens is 410 g/mol. The number of hydrogen-bond acceptors (Lipinski definition) is 3. The van der Waals surface area contributed by atoms with Crippen LogP contribution in [0.15, 0.2) is 46.9 Å². The van der Waals surface area contributed by atoms with Crippen molar-refractivity contribution >= 4 is 40.3 Å². The van der Waals surface area contributed by atoms with Crippen LogP contribution in [-0.4, -0.2) is 37.0 Å². The average Bonchev–Trinajstić information content (AvgIpc) is 2.99. The minimum absolute atomic E-state index is 0.0513. The highest BCUT2D eigenvalue weighted by atomic mass is 127. The van der Waals surface area contributed by atoms with E-state index >= 15 is 0 Å². The van der Waals surface area contributed by atoms with Crippen LogP contribution in [0.5, 0.6) is 0 Å². The lowest BCUT2D eigenvalue weighted by Crippen LogP contribution is -2.48. The summed E-state index contributed by atoms with van der Waals surface area (Å²) >= 11 is 2.08. The minimum Gasteiger partial charge on any atom is -0.451 e. The molecular formula is C17H16FIN2O2. The van der Waals surface area contributed by atoms with Gasteiger partial charge in [0.2, 0.25) is 5.91 Å². The smallest absolute Gasteiger partial charge is 0.246 e. The highest BCUT2D eigenvalue weighted by Crippen LogP contribution is 2.20. The lowest BCUT2D eigenvalue weighted by atomic mass is 10.2. The number of carbonyl (C=O) groups is 1. The van der Waals surface area contributed by atoms with E-state index in [9.17, 15) is 9.18 Å². The number of rotatable bonds is 3. The van der Waals surface area contributed by atoms with Gasteiger partial charge in [-0.1, -0.05) is 12.1 Å². The van der Waals surface area contributed by atoms with Crippen LogP contribution >= 0.6 is 22.6 Å². The van der Waals surface area contributed by atoms with Crippen LogP contribution in [0, 0.1) is 9.58 Å². The zero-order valence-electron chi connectivity index (χ0n) is 12.4. The second-order valence-electron chi connectivity index (χ2n) is 5.24. The molecule has 1 amide bonds. The Morgan fingerprint density at radius 2 is 1.87 bits per heavy atom. The van der Waals surface area contributed by atoms with Crippen molar-refractivity contribution in [1.29, 1.82) is 0 Å². The van der Waals surface area contributed by atoms with Gasteiger partial charge < -0.3 is 14.2 Å². The number of furan rings is 1. The van der Waals surface area contributed by atoms with Crippen molar-refractivity contribution < 1.29 is 13.6 Å². The molecule has 0 unspecified atom stereocenters. The fourth-order valence-corrected chi connectivity index (χ4v) is 2.99. The van der Waals surface area contributed by atoms with E-state index in [0.29, 0.717) is 37.6 Å². The second-order valence-corrected chi connectivity index (χ2v) is 6.30. The maximum Gasteiger partial charge on any atom is 0.246 e. The molecule has 23 heavy (non-hydrogen) atoms. The average molecular weight is 426 g/mol. The number of amides is 1. The van der Waals surface area contributed by atoms with Gasteiger partial charge in [-0.05, 0) is 52.9 Å². The van der Waals surface area contributed by atoms with Gasteiger partial charge in [0.25, 0.3) is 0 Å². The van der Waals surface area contributed by atoms with Crippen LogP contribution in [0.3, 0.4) is 0 Å². The molecule has 1 saturated heterocycles. The number of carbonyl (C=O) groups excluding carboxylic acids is 1. The molecule has 2 aromatic rings. The standard InChI is InChI=1S/C17H16FIN2O2/c18-14-3-1-2-4-15(14)20-9-11-21(12-10-20)17(22)8-6-13-5-7-16(19)23-13/h1-8H,9-12H2/b8-6+. The molecule has 0 spiro atoms. The van der Waals surface area contributed by atoms with Gasteiger partial charge in [-0.15, -0.1) is 0 Å². The molecule has 1 aliphatic rings. The minimum atomic E-state index is -0.223. The van der Waals surface area contributed by atoms with Crippen LogP contribution in [0.4, 0.5) is 10.1 Å². The third kappa shape index (κ3) is 3.93. The fraction of sp³-hybridized carbons (Fsp3) is 0.235. The summed E-state index contributed by atoms with van der Waals surface area (Å²) in [4.78, 5) is 15.9. The number of piperazine rings is 1. The summed E-state index contributed by atoms with van der Waals surface area (Å²) in [6, 6.07) is 10.4. The van der Waals surface area contributed by atoms with Gasteiger partial charge in [-0.2, -0.15) is 0 Å². The van der Waals surface area contributed by atoms with E-state index in [2.05, 4.69) is 22.6 Å². The molecule has 0 aliphatic carbocycles. The topological polar surface area (TPSA) is 36.7 Å². The Morgan fingerprint density at radius 1 is 1.13 bits per heavy atom. The van der Waals surface area contributed by atoms with Crippen molar-refractivity contribution in [1.82, 2.24) is 4.90 Å². The van der Waals surface area contributed by atoms with Crippen molar-refractivity contribution in [3.8, 4) is 0 Å². The zero-order chi connectivity index (χ0) is 16.2. The summed E-state index contributed by atoms with van der Waals surface area (Å²) in [7, 11) is 0. The van der Waals surface area contributed by atoms with Crippen molar-refractivity contribution in [3.63, 3.8) is 0 Å². The number of hydrogen-bond donors (Lipinski definition) is 0. The van der Waals surface area contributed by atoms with Gasteiger partial charge >= 0.3 is 0 Å². The monoisotopic (exact) mass is 426 g/mol. The zero-order valence-corrected chi connectivity index (χ0v) is 14.6. The molecule has 4 nitrogen and oxygen atoms in total. The summed E-state index contributed by atoms with van der Waals surface area (Å²) in [6.45, 7) is 2.40. The molecule has 1 aromatic carbocycles. The molecule has 0 radical (unpaired) electrons. The van der Waals surface area contributed by atoms with E-state index in [-0.39, 0.29) is 11.7 Å². The number of para-hydroxylation sites is 1. The molecule has 6 heteroatoms. The number of anilines is 1. The largest absolute Gasteiger partial charge is 0.451 e. The first-order valence-electron chi connectivity index (χ1n) is 7.35. The molecule has 0 saturated carbocycles. The van der Waals surface area contributed by atoms with Gasteiger partial charge in [0, 0.05) is 32.3 Å². The van der Waals surface area contributed by atoms with Crippen molar-refractivity contribution in [3.05, 3.63) is 57.8 Å². The number of halogens is 2. The van der Waals surface area contributed by atoms with E-state index in [4.69, 9.17) is 4.42 Å². The summed E-state index contributed by atoms with van der Waals surface area (Å²) < 4.78 is 20.0. The normalized spacial score (nSPS) is 15.4. The van der Waals surface area contributed by atoms with Crippen molar-refractivity contribution in [2.45, 2.75) is 0 Å². The van der Waals surface area contributed by atoms with Crippen LogP contribution in [0.25, 0.3) is 6.08 Å². The van der Waals surface area contributed by atoms with Gasteiger partial charge in [-0.3, -0.25) is 4.79 Å². The molecule has 1 aromatic heterocycles. The fourth-order valence-electron chi connectivity index (χ4n) is 2.55. The summed E-state index contributed by atoms with van der Waals surface area (Å²) in [5.41, 5.74) is 0.598. The predicted octanol–water partition coefficient (Wildman–Crippen LogP) is 3.39. The maximum atomic E-state index is 13.8. The van der Waals surface area contributed by atoms with E-state index < -0.39 is 0 Å². The summed E-state index contributed by atoms with van der Waals surface area (Å²) in [5.74, 6) is 0.386. The molecule has 1 aliphatic heterocycles. The van der Waals surface area contributed by atoms with Crippen molar-refractivity contribution in [2.75, 3.05) is 31.1 Å². The van der Waals surface area contributed by atoms with Crippen LogP contribution < -0.4 is 4.90 Å². The van der Waals surface area contributed by atoms with Crippen LogP contribution in [-0.2, 0) is 4.79 Å². The Hall–Kier alpha value is -1.83. The Labute approximate surface area is 147 Å². The van der Waals surface area contributed by atoms with E-state index in [1.165, 1.54) is 12.1 Å². The molecule has 2 heterocycles. The van der Waals surface area contributed by atoms with Crippen LogP contribution in [0.1, 0.15) is 5.76 Å². The van der Waals surface area contributed by atoms with E-state index in [1.54, 1.807) is 23.1 Å². The quantitative estimate of drug-likeness (QED) is 0.558. The second kappa shape index (κ2) is 7.16. The first-order chi connectivity index (χ1) is 11.1. The van der Waals surface area contributed by atoms with Gasteiger partial charge in [0.05, 0.1) is 5.69 Å². The lowest BCUT2D eigenvalue weighted by molar-refractivity contribution is -0.126. The molecule has 0 N–H and O–H groups in total. The Balaban J connectivity index is 1.57. The van der Waals surface area contributed by atoms with Gasteiger partial charge in [0.1, 0.15) is 11.6 Å².